The monoisotopic (exact) mass is 240 g/mol. The predicted octanol–water partition coefficient (Wildman–Crippen LogP) is 3.30. The molecule has 1 aromatic rings. The van der Waals surface area contributed by atoms with Crippen LogP contribution in [0.3, 0.4) is 0 Å². The number of alkyl halides is 1. The summed E-state index contributed by atoms with van der Waals surface area (Å²) in [5.74, 6) is -0.0304. The van der Waals surface area contributed by atoms with Gasteiger partial charge in [-0.05, 0) is 30.7 Å². The molecule has 0 N–H and O–H groups in total. The molecule has 0 radical (unpaired) electrons. The number of halogens is 2. The van der Waals surface area contributed by atoms with E-state index in [1.165, 1.54) is 12.1 Å². The zero-order chi connectivity index (χ0) is 12.1. The molecule has 0 aliphatic rings. The van der Waals surface area contributed by atoms with E-state index in [1.807, 2.05) is 18.9 Å². The van der Waals surface area contributed by atoms with Crippen LogP contribution in [0.15, 0.2) is 18.2 Å². The van der Waals surface area contributed by atoms with Crippen molar-refractivity contribution in [1.29, 1.82) is 5.26 Å². The van der Waals surface area contributed by atoms with Crippen molar-refractivity contribution in [2.24, 2.45) is 0 Å². The largest absolute Gasteiger partial charge is 0.371 e. The molecule has 1 rings (SSSR count). The normalized spacial score (nSPS) is 11.9. The lowest BCUT2D eigenvalue weighted by Crippen LogP contribution is -2.29. The average Bonchev–Trinajstić information content (AvgIpc) is 2.28. The molecule has 0 heterocycles. The van der Waals surface area contributed by atoms with Gasteiger partial charge in [-0.15, -0.1) is 11.6 Å². The van der Waals surface area contributed by atoms with Crippen molar-refractivity contribution < 1.29 is 4.39 Å². The number of anilines is 1. The zero-order valence-corrected chi connectivity index (χ0v) is 10.1. The highest BCUT2D eigenvalue weighted by Gasteiger charge is 2.13. The SMILES string of the molecule is CC(CC#N)N(C)c1ccc(F)cc1CCl. The van der Waals surface area contributed by atoms with Gasteiger partial charge in [-0.25, -0.2) is 4.39 Å². The fourth-order valence-electron chi connectivity index (χ4n) is 1.51. The van der Waals surface area contributed by atoms with Crippen molar-refractivity contribution >= 4 is 17.3 Å². The van der Waals surface area contributed by atoms with Crippen LogP contribution in [0, 0.1) is 17.1 Å². The smallest absolute Gasteiger partial charge is 0.123 e. The Kier molecular flexibility index (Phi) is 4.57. The van der Waals surface area contributed by atoms with E-state index in [0.29, 0.717) is 6.42 Å². The zero-order valence-electron chi connectivity index (χ0n) is 9.37. The molecule has 0 fully saturated rings. The van der Waals surface area contributed by atoms with E-state index in [0.717, 1.165) is 11.3 Å². The van der Waals surface area contributed by atoms with Crippen LogP contribution < -0.4 is 4.90 Å². The maximum Gasteiger partial charge on any atom is 0.123 e. The lowest BCUT2D eigenvalue weighted by Gasteiger charge is -2.27. The predicted molar refractivity (Wildman–Crippen MR) is 64.1 cm³/mol. The second-order valence-corrected chi connectivity index (χ2v) is 4.00. The standard InChI is InChI=1S/C12H14ClFN2/c1-9(5-6-15)16(2)12-4-3-11(14)7-10(12)8-13/h3-4,7,9H,5,8H2,1-2H3. The van der Waals surface area contributed by atoms with Crippen LogP contribution in [0.25, 0.3) is 0 Å². The van der Waals surface area contributed by atoms with E-state index >= 15 is 0 Å². The van der Waals surface area contributed by atoms with Crippen molar-refractivity contribution in [2.45, 2.75) is 25.3 Å². The lowest BCUT2D eigenvalue weighted by atomic mass is 10.1. The van der Waals surface area contributed by atoms with Gasteiger partial charge in [0.1, 0.15) is 5.82 Å². The molecule has 1 aromatic carbocycles. The van der Waals surface area contributed by atoms with Gasteiger partial charge in [0, 0.05) is 24.7 Å². The van der Waals surface area contributed by atoms with Gasteiger partial charge in [0.2, 0.25) is 0 Å². The van der Waals surface area contributed by atoms with E-state index < -0.39 is 0 Å². The molecule has 0 saturated carbocycles. The van der Waals surface area contributed by atoms with Crippen LogP contribution in [-0.2, 0) is 5.88 Å². The van der Waals surface area contributed by atoms with Crippen molar-refractivity contribution in [2.75, 3.05) is 11.9 Å². The molecule has 86 valence electrons. The Balaban J connectivity index is 2.99. The third-order valence-electron chi connectivity index (χ3n) is 2.61. The molecule has 0 aromatic heterocycles. The third-order valence-corrected chi connectivity index (χ3v) is 2.90. The topological polar surface area (TPSA) is 27.0 Å². The van der Waals surface area contributed by atoms with Crippen LogP contribution in [0.5, 0.6) is 0 Å². The fourth-order valence-corrected chi connectivity index (χ4v) is 1.73. The first-order valence-electron chi connectivity index (χ1n) is 5.04. The van der Waals surface area contributed by atoms with Crippen LogP contribution in [-0.4, -0.2) is 13.1 Å². The molecule has 0 aliphatic carbocycles. The second kappa shape index (κ2) is 5.72. The summed E-state index contributed by atoms with van der Waals surface area (Å²) in [5.41, 5.74) is 1.62. The van der Waals surface area contributed by atoms with Gasteiger partial charge in [-0.3, -0.25) is 0 Å². The maximum absolute atomic E-state index is 13.0. The summed E-state index contributed by atoms with van der Waals surface area (Å²) in [6.07, 6.45) is 0.426. The molecule has 0 saturated heterocycles. The Morgan fingerprint density at radius 1 is 1.56 bits per heavy atom. The Labute approximate surface area is 100 Å². The van der Waals surface area contributed by atoms with Gasteiger partial charge in [0.05, 0.1) is 12.5 Å². The second-order valence-electron chi connectivity index (χ2n) is 3.73. The molecular formula is C12H14ClFN2. The molecule has 0 spiro atoms. The van der Waals surface area contributed by atoms with E-state index in [1.54, 1.807) is 6.07 Å². The number of benzene rings is 1. The summed E-state index contributed by atoms with van der Waals surface area (Å²) in [5, 5.41) is 8.64. The average molecular weight is 241 g/mol. The van der Waals surface area contributed by atoms with Crippen LogP contribution in [0.4, 0.5) is 10.1 Å². The fraction of sp³-hybridized carbons (Fsp3) is 0.417. The van der Waals surface area contributed by atoms with Gasteiger partial charge in [0.15, 0.2) is 0 Å². The molecule has 0 amide bonds. The highest BCUT2D eigenvalue weighted by Crippen LogP contribution is 2.24. The minimum Gasteiger partial charge on any atom is -0.371 e. The minimum absolute atomic E-state index is 0.0810. The van der Waals surface area contributed by atoms with Gasteiger partial charge >= 0.3 is 0 Å². The number of hydrogen-bond donors (Lipinski definition) is 0. The summed E-state index contributed by atoms with van der Waals surface area (Å²) < 4.78 is 13.0. The number of nitrogens with zero attached hydrogens (tertiary/aromatic N) is 2. The molecule has 0 bridgehead atoms. The van der Waals surface area contributed by atoms with Crippen molar-refractivity contribution in [3.8, 4) is 6.07 Å². The van der Waals surface area contributed by atoms with E-state index in [-0.39, 0.29) is 17.7 Å². The van der Waals surface area contributed by atoms with E-state index in [2.05, 4.69) is 6.07 Å². The third kappa shape index (κ3) is 2.86. The Bertz CT molecular complexity index is 400. The summed E-state index contributed by atoms with van der Waals surface area (Å²) in [4.78, 5) is 1.94. The van der Waals surface area contributed by atoms with Gasteiger partial charge in [-0.2, -0.15) is 5.26 Å². The van der Waals surface area contributed by atoms with Crippen molar-refractivity contribution in [3.63, 3.8) is 0 Å². The quantitative estimate of drug-likeness (QED) is 0.755. The van der Waals surface area contributed by atoms with Crippen LogP contribution in [0.1, 0.15) is 18.9 Å². The molecule has 1 unspecified atom stereocenters. The minimum atomic E-state index is -0.291. The molecule has 0 aliphatic heterocycles. The summed E-state index contributed by atoms with van der Waals surface area (Å²) in [7, 11) is 1.88. The lowest BCUT2D eigenvalue weighted by molar-refractivity contribution is 0.624. The van der Waals surface area contributed by atoms with Gasteiger partial charge in [-0.1, -0.05) is 0 Å². The van der Waals surface area contributed by atoms with Gasteiger partial charge < -0.3 is 4.90 Å². The first-order chi connectivity index (χ1) is 7.60. The van der Waals surface area contributed by atoms with Crippen LogP contribution in [0.2, 0.25) is 0 Å². The summed E-state index contributed by atoms with van der Waals surface area (Å²) >= 11 is 5.77. The first-order valence-corrected chi connectivity index (χ1v) is 5.57. The molecule has 1 atom stereocenters. The van der Waals surface area contributed by atoms with Crippen LogP contribution >= 0.6 is 11.6 Å². The molecule has 4 heteroatoms. The summed E-state index contributed by atoms with van der Waals surface area (Å²) in [6, 6.07) is 6.73. The number of nitriles is 1. The Hall–Kier alpha value is -1.27. The van der Waals surface area contributed by atoms with Crippen molar-refractivity contribution in [1.82, 2.24) is 0 Å². The highest BCUT2D eigenvalue weighted by atomic mass is 35.5. The number of hydrogen-bond acceptors (Lipinski definition) is 2. The number of rotatable bonds is 4. The van der Waals surface area contributed by atoms with Crippen molar-refractivity contribution in [3.05, 3.63) is 29.6 Å². The molecule has 16 heavy (non-hydrogen) atoms. The van der Waals surface area contributed by atoms with Gasteiger partial charge in [0.25, 0.3) is 0 Å². The molecular weight excluding hydrogens is 227 g/mol. The highest BCUT2D eigenvalue weighted by molar-refractivity contribution is 6.17. The maximum atomic E-state index is 13.0. The first kappa shape index (κ1) is 12.8. The molecule has 2 nitrogen and oxygen atoms in total. The summed E-state index contributed by atoms with van der Waals surface area (Å²) in [6.45, 7) is 1.95. The van der Waals surface area contributed by atoms with E-state index in [9.17, 15) is 4.39 Å². The Morgan fingerprint density at radius 2 is 2.25 bits per heavy atom. The van der Waals surface area contributed by atoms with E-state index in [4.69, 9.17) is 16.9 Å². The Morgan fingerprint density at radius 3 is 2.81 bits per heavy atom.